The lowest BCUT2D eigenvalue weighted by Gasteiger charge is -2.16. The summed E-state index contributed by atoms with van der Waals surface area (Å²) in [5.74, 6) is 0. The zero-order chi connectivity index (χ0) is 13.1. The zero-order valence-corrected chi connectivity index (χ0v) is 12.5. The molecule has 0 aliphatic heterocycles. The molecule has 0 aliphatic rings. The minimum absolute atomic E-state index is 1.01. The average molecular weight is 259 g/mol. The fourth-order valence-corrected chi connectivity index (χ4v) is 3.13. The summed E-state index contributed by atoms with van der Waals surface area (Å²) in [4.78, 5) is 5.23. The second-order valence-corrected chi connectivity index (χ2v) is 6.56. The molecule has 1 aromatic heterocycles. The summed E-state index contributed by atoms with van der Waals surface area (Å²) in [6, 6.07) is 11.1. The van der Waals surface area contributed by atoms with Crippen molar-refractivity contribution in [3.05, 3.63) is 56.8 Å². The highest BCUT2D eigenvalue weighted by Gasteiger charge is 2.06. The lowest BCUT2D eigenvalue weighted by molar-refractivity contribution is 0.319. The number of nitrogens with zero attached hydrogens (tertiary/aromatic N) is 1. The van der Waals surface area contributed by atoms with E-state index in [9.17, 15) is 0 Å². The van der Waals surface area contributed by atoms with Gasteiger partial charge >= 0.3 is 0 Å². The minimum Gasteiger partial charge on any atom is -0.298 e. The van der Waals surface area contributed by atoms with Crippen LogP contribution in [0.5, 0.6) is 0 Å². The summed E-state index contributed by atoms with van der Waals surface area (Å²) in [7, 11) is 2.19. The van der Waals surface area contributed by atoms with E-state index in [0.717, 1.165) is 13.1 Å². The van der Waals surface area contributed by atoms with Crippen LogP contribution in [-0.2, 0) is 13.1 Å². The molecular formula is C16H21NS. The summed E-state index contributed by atoms with van der Waals surface area (Å²) in [5.41, 5.74) is 4.17. The van der Waals surface area contributed by atoms with Crippen molar-refractivity contribution in [1.82, 2.24) is 4.90 Å². The van der Waals surface area contributed by atoms with Gasteiger partial charge in [-0.25, -0.2) is 0 Å². The van der Waals surface area contributed by atoms with E-state index in [-0.39, 0.29) is 0 Å². The van der Waals surface area contributed by atoms with Crippen LogP contribution in [0, 0.1) is 20.8 Å². The number of thiophene rings is 1. The first kappa shape index (κ1) is 13.3. The van der Waals surface area contributed by atoms with E-state index < -0.39 is 0 Å². The second-order valence-electron chi connectivity index (χ2n) is 5.10. The highest BCUT2D eigenvalue weighted by Crippen LogP contribution is 2.22. The molecule has 0 unspecified atom stereocenters. The number of hydrogen-bond acceptors (Lipinski definition) is 2. The van der Waals surface area contributed by atoms with Gasteiger partial charge in [-0.05, 0) is 45.0 Å². The fraction of sp³-hybridized carbons (Fsp3) is 0.375. The molecular weight excluding hydrogens is 238 g/mol. The molecule has 0 atom stereocenters. The summed E-state index contributed by atoms with van der Waals surface area (Å²) in [6.07, 6.45) is 0. The van der Waals surface area contributed by atoms with E-state index in [4.69, 9.17) is 0 Å². The average Bonchev–Trinajstić information content (AvgIpc) is 2.61. The van der Waals surface area contributed by atoms with Gasteiger partial charge in [-0.15, -0.1) is 11.3 Å². The summed E-state index contributed by atoms with van der Waals surface area (Å²) < 4.78 is 0. The molecule has 1 nitrogen and oxygen atoms in total. The quantitative estimate of drug-likeness (QED) is 0.791. The van der Waals surface area contributed by atoms with Gasteiger partial charge in [0, 0.05) is 22.8 Å². The van der Waals surface area contributed by atoms with Crippen molar-refractivity contribution in [2.75, 3.05) is 7.05 Å². The fourth-order valence-electron chi connectivity index (χ4n) is 2.19. The topological polar surface area (TPSA) is 3.24 Å². The molecule has 2 heteroatoms. The maximum Gasteiger partial charge on any atom is 0.0245 e. The maximum absolute atomic E-state index is 2.37. The van der Waals surface area contributed by atoms with Crippen molar-refractivity contribution < 1.29 is 0 Å². The molecule has 0 bridgehead atoms. The lowest BCUT2D eigenvalue weighted by atomic mass is 10.1. The number of aryl methyl sites for hydroxylation is 3. The van der Waals surface area contributed by atoms with Gasteiger partial charge in [0.2, 0.25) is 0 Å². The Balaban J connectivity index is 1.98. The zero-order valence-electron chi connectivity index (χ0n) is 11.7. The SMILES string of the molecule is Cc1ccc(CN(C)Cc2cc(C)sc2C)cc1. The first-order valence-electron chi connectivity index (χ1n) is 6.34. The van der Waals surface area contributed by atoms with Gasteiger partial charge in [-0.3, -0.25) is 4.90 Å². The molecule has 0 radical (unpaired) electrons. The third kappa shape index (κ3) is 3.44. The predicted molar refractivity (Wildman–Crippen MR) is 80.1 cm³/mol. The molecule has 0 aliphatic carbocycles. The van der Waals surface area contributed by atoms with Crippen LogP contribution in [-0.4, -0.2) is 11.9 Å². The molecule has 0 saturated heterocycles. The Bertz CT molecular complexity index is 510. The Kier molecular flexibility index (Phi) is 4.20. The molecule has 18 heavy (non-hydrogen) atoms. The molecule has 1 aromatic carbocycles. The van der Waals surface area contributed by atoms with Crippen LogP contribution in [0.1, 0.15) is 26.4 Å². The van der Waals surface area contributed by atoms with Crippen molar-refractivity contribution in [3.8, 4) is 0 Å². The Labute approximate surface area is 114 Å². The van der Waals surface area contributed by atoms with E-state index in [1.165, 1.54) is 26.4 Å². The van der Waals surface area contributed by atoms with Crippen LogP contribution in [0.2, 0.25) is 0 Å². The molecule has 0 N–H and O–H groups in total. The molecule has 1 heterocycles. The molecule has 2 rings (SSSR count). The van der Waals surface area contributed by atoms with Gasteiger partial charge in [-0.2, -0.15) is 0 Å². The van der Waals surface area contributed by atoms with E-state index in [1.54, 1.807) is 0 Å². The van der Waals surface area contributed by atoms with E-state index in [1.807, 2.05) is 11.3 Å². The number of rotatable bonds is 4. The highest BCUT2D eigenvalue weighted by atomic mass is 32.1. The van der Waals surface area contributed by atoms with Crippen LogP contribution in [0.15, 0.2) is 30.3 Å². The van der Waals surface area contributed by atoms with Crippen LogP contribution >= 0.6 is 11.3 Å². The van der Waals surface area contributed by atoms with Crippen molar-refractivity contribution >= 4 is 11.3 Å². The molecule has 0 spiro atoms. The Morgan fingerprint density at radius 2 is 1.67 bits per heavy atom. The standard InChI is InChI=1S/C16H21NS/c1-12-5-7-15(8-6-12)10-17(4)11-16-9-13(2)18-14(16)3/h5-9H,10-11H2,1-4H3. The van der Waals surface area contributed by atoms with Crippen molar-refractivity contribution in [1.29, 1.82) is 0 Å². The minimum atomic E-state index is 1.01. The number of hydrogen-bond donors (Lipinski definition) is 0. The molecule has 0 amide bonds. The van der Waals surface area contributed by atoms with Crippen molar-refractivity contribution in [2.45, 2.75) is 33.9 Å². The van der Waals surface area contributed by atoms with Gasteiger partial charge in [0.05, 0.1) is 0 Å². The third-order valence-electron chi connectivity index (χ3n) is 3.16. The van der Waals surface area contributed by atoms with E-state index in [2.05, 4.69) is 63.1 Å². The maximum atomic E-state index is 2.37. The Hall–Kier alpha value is -1.12. The van der Waals surface area contributed by atoms with E-state index in [0.29, 0.717) is 0 Å². The van der Waals surface area contributed by atoms with Crippen LogP contribution in [0.4, 0.5) is 0 Å². The van der Waals surface area contributed by atoms with Gasteiger partial charge in [0.15, 0.2) is 0 Å². The largest absolute Gasteiger partial charge is 0.298 e. The lowest BCUT2D eigenvalue weighted by Crippen LogP contribution is -2.17. The van der Waals surface area contributed by atoms with Gasteiger partial charge < -0.3 is 0 Å². The summed E-state index contributed by atoms with van der Waals surface area (Å²) >= 11 is 1.89. The monoisotopic (exact) mass is 259 g/mol. The van der Waals surface area contributed by atoms with Gasteiger partial charge in [0.25, 0.3) is 0 Å². The Morgan fingerprint density at radius 1 is 1.00 bits per heavy atom. The van der Waals surface area contributed by atoms with Crippen LogP contribution in [0.25, 0.3) is 0 Å². The second kappa shape index (κ2) is 5.68. The first-order valence-corrected chi connectivity index (χ1v) is 7.16. The highest BCUT2D eigenvalue weighted by molar-refractivity contribution is 7.12. The summed E-state index contributed by atoms with van der Waals surface area (Å²) in [5, 5.41) is 0. The summed E-state index contributed by atoms with van der Waals surface area (Å²) in [6.45, 7) is 8.57. The molecule has 2 aromatic rings. The predicted octanol–water partition coefficient (Wildman–Crippen LogP) is 4.31. The van der Waals surface area contributed by atoms with Gasteiger partial charge in [-0.1, -0.05) is 29.8 Å². The Morgan fingerprint density at radius 3 is 2.22 bits per heavy atom. The molecule has 0 saturated carbocycles. The molecule has 0 fully saturated rings. The van der Waals surface area contributed by atoms with Crippen molar-refractivity contribution in [3.63, 3.8) is 0 Å². The third-order valence-corrected chi connectivity index (χ3v) is 4.17. The van der Waals surface area contributed by atoms with Crippen LogP contribution in [0.3, 0.4) is 0 Å². The van der Waals surface area contributed by atoms with E-state index >= 15 is 0 Å². The smallest absolute Gasteiger partial charge is 0.0245 e. The number of benzene rings is 1. The van der Waals surface area contributed by atoms with Gasteiger partial charge in [0.1, 0.15) is 0 Å². The molecule has 96 valence electrons. The normalized spacial score (nSPS) is 11.2. The van der Waals surface area contributed by atoms with Crippen LogP contribution < -0.4 is 0 Å². The first-order chi connectivity index (χ1) is 8.54. The van der Waals surface area contributed by atoms with Crippen molar-refractivity contribution in [2.24, 2.45) is 0 Å².